The van der Waals surface area contributed by atoms with Gasteiger partial charge in [0, 0.05) is 9.13 Å². The molecule has 2 rings (SSSR count). The number of benzene rings is 1. The molecule has 2 nitrogen and oxygen atoms in total. The Morgan fingerprint density at radius 2 is 2.12 bits per heavy atom. The highest BCUT2D eigenvalue weighted by molar-refractivity contribution is 14.1. The number of halogens is 2. The predicted octanol–water partition coefficient (Wildman–Crippen LogP) is 4.65. The molecule has 0 bridgehead atoms. The fourth-order valence-electron chi connectivity index (χ4n) is 1.57. The lowest BCUT2D eigenvalue weighted by Crippen LogP contribution is -1.91. The Morgan fingerprint density at radius 3 is 2.76 bits per heavy atom. The van der Waals surface area contributed by atoms with Crippen molar-refractivity contribution in [2.24, 2.45) is 0 Å². The second kappa shape index (κ2) is 5.42. The Balaban J connectivity index is 2.37. The van der Waals surface area contributed by atoms with E-state index in [-0.39, 0.29) is 0 Å². The van der Waals surface area contributed by atoms with Crippen LogP contribution < -0.4 is 0 Å². The van der Waals surface area contributed by atoms with Gasteiger partial charge in [0.05, 0.1) is 5.02 Å². The summed E-state index contributed by atoms with van der Waals surface area (Å²) < 4.78 is 6.69. The van der Waals surface area contributed by atoms with E-state index in [4.69, 9.17) is 16.0 Å². The highest BCUT2D eigenvalue weighted by atomic mass is 127. The first-order valence-electron chi connectivity index (χ1n) is 5.35. The highest BCUT2D eigenvalue weighted by Crippen LogP contribution is 2.32. The monoisotopic (exact) mass is 362 g/mol. The second-order valence-corrected chi connectivity index (χ2v) is 5.40. The summed E-state index contributed by atoms with van der Waals surface area (Å²) in [7, 11) is 0. The van der Waals surface area contributed by atoms with Crippen molar-refractivity contribution in [2.45, 2.75) is 19.4 Å². The third-order valence-electron chi connectivity index (χ3n) is 2.54. The number of aliphatic hydroxyl groups is 1. The first-order valence-corrected chi connectivity index (χ1v) is 6.80. The van der Waals surface area contributed by atoms with Crippen molar-refractivity contribution in [1.82, 2.24) is 0 Å². The van der Waals surface area contributed by atoms with Crippen LogP contribution in [0.25, 0.3) is 11.3 Å². The van der Waals surface area contributed by atoms with E-state index in [9.17, 15) is 5.11 Å². The lowest BCUT2D eigenvalue weighted by molar-refractivity contribution is 0.147. The van der Waals surface area contributed by atoms with Crippen LogP contribution in [-0.2, 0) is 0 Å². The lowest BCUT2D eigenvalue weighted by atomic mass is 10.2. The maximum atomic E-state index is 9.67. The topological polar surface area (TPSA) is 33.4 Å². The van der Waals surface area contributed by atoms with Gasteiger partial charge in [0.25, 0.3) is 0 Å². The maximum absolute atomic E-state index is 9.67. The van der Waals surface area contributed by atoms with Gasteiger partial charge in [-0.25, -0.2) is 0 Å². The minimum absolute atomic E-state index is 0.550. The Labute approximate surface area is 119 Å². The molecule has 1 aromatic heterocycles. The van der Waals surface area contributed by atoms with Crippen LogP contribution in [-0.4, -0.2) is 5.11 Å². The number of aliphatic hydroxyl groups excluding tert-OH is 1. The van der Waals surface area contributed by atoms with Gasteiger partial charge in [-0.3, -0.25) is 0 Å². The molecule has 0 amide bonds. The Morgan fingerprint density at radius 1 is 1.35 bits per heavy atom. The lowest BCUT2D eigenvalue weighted by Gasteiger charge is -2.04. The van der Waals surface area contributed by atoms with E-state index in [1.165, 1.54) is 0 Å². The second-order valence-electron chi connectivity index (χ2n) is 3.75. The zero-order chi connectivity index (χ0) is 12.4. The molecular weight excluding hydrogens is 350 g/mol. The maximum Gasteiger partial charge on any atom is 0.135 e. The van der Waals surface area contributed by atoms with Crippen molar-refractivity contribution in [3.05, 3.63) is 44.7 Å². The number of hydrogen-bond acceptors (Lipinski definition) is 2. The summed E-state index contributed by atoms with van der Waals surface area (Å²) in [5.41, 5.74) is 0.849. The minimum Gasteiger partial charge on any atom is -0.458 e. The summed E-state index contributed by atoms with van der Waals surface area (Å²) in [4.78, 5) is 0. The largest absolute Gasteiger partial charge is 0.458 e. The van der Waals surface area contributed by atoms with Crippen LogP contribution >= 0.6 is 34.2 Å². The Kier molecular flexibility index (Phi) is 4.12. The molecular formula is C13H12ClIO2. The summed E-state index contributed by atoms with van der Waals surface area (Å²) in [5.74, 6) is 1.27. The van der Waals surface area contributed by atoms with E-state index in [2.05, 4.69) is 22.6 Å². The molecule has 90 valence electrons. The molecule has 0 aliphatic heterocycles. The van der Waals surface area contributed by atoms with Gasteiger partial charge >= 0.3 is 0 Å². The first kappa shape index (κ1) is 12.9. The Hall–Kier alpha value is -0.520. The molecule has 0 saturated carbocycles. The van der Waals surface area contributed by atoms with Crippen LogP contribution in [0.1, 0.15) is 25.2 Å². The number of hydrogen-bond donors (Lipinski definition) is 1. The molecule has 4 heteroatoms. The number of rotatable bonds is 3. The third kappa shape index (κ3) is 2.84. The van der Waals surface area contributed by atoms with E-state index in [1.54, 1.807) is 6.07 Å². The molecule has 2 aromatic rings. The number of furan rings is 1. The summed E-state index contributed by atoms with van der Waals surface area (Å²) >= 11 is 8.37. The molecule has 1 N–H and O–H groups in total. The summed E-state index contributed by atoms with van der Waals surface area (Å²) in [6, 6.07) is 9.40. The predicted molar refractivity (Wildman–Crippen MR) is 77.1 cm³/mol. The van der Waals surface area contributed by atoms with Gasteiger partial charge < -0.3 is 9.52 Å². The van der Waals surface area contributed by atoms with Crippen LogP contribution in [0.2, 0.25) is 5.02 Å². The molecule has 0 aliphatic carbocycles. The molecule has 17 heavy (non-hydrogen) atoms. The van der Waals surface area contributed by atoms with E-state index in [0.717, 1.165) is 9.13 Å². The quantitative estimate of drug-likeness (QED) is 0.807. The smallest absolute Gasteiger partial charge is 0.135 e. The fraction of sp³-hybridized carbons (Fsp3) is 0.231. The van der Waals surface area contributed by atoms with Crippen molar-refractivity contribution in [3.8, 4) is 11.3 Å². The highest BCUT2D eigenvalue weighted by Gasteiger charge is 2.13. The van der Waals surface area contributed by atoms with Gasteiger partial charge in [0.2, 0.25) is 0 Å². The third-order valence-corrected chi connectivity index (χ3v) is 3.52. The van der Waals surface area contributed by atoms with Crippen LogP contribution in [0, 0.1) is 3.57 Å². The van der Waals surface area contributed by atoms with Crippen LogP contribution in [0.5, 0.6) is 0 Å². The summed E-state index contributed by atoms with van der Waals surface area (Å²) in [6.07, 6.45) is 0.0827. The first-order chi connectivity index (χ1) is 8.11. The molecule has 1 atom stereocenters. The van der Waals surface area contributed by atoms with Gasteiger partial charge in [-0.15, -0.1) is 0 Å². The Bertz CT molecular complexity index is 522. The van der Waals surface area contributed by atoms with E-state index in [1.807, 2.05) is 31.2 Å². The van der Waals surface area contributed by atoms with E-state index < -0.39 is 6.10 Å². The molecule has 0 aliphatic rings. The van der Waals surface area contributed by atoms with Crippen molar-refractivity contribution in [3.63, 3.8) is 0 Å². The van der Waals surface area contributed by atoms with Crippen molar-refractivity contribution < 1.29 is 9.52 Å². The molecule has 1 unspecified atom stereocenters. The molecule has 0 spiro atoms. The average Bonchev–Trinajstić information content (AvgIpc) is 2.77. The standard InChI is InChI=1S/C13H12ClIO2/c1-2-11(16)13-6-5-12(17-13)9-4-3-8(15)7-10(9)14/h3-7,11,16H,2H2,1H3. The normalized spacial score (nSPS) is 12.7. The van der Waals surface area contributed by atoms with Crippen molar-refractivity contribution in [1.29, 1.82) is 0 Å². The van der Waals surface area contributed by atoms with E-state index in [0.29, 0.717) is 23.0 Å². The zero-order valence-electron chi connectivity index (χ0n) is 9.28. The molecule has 1 heterocycles. The average molecular weight is 363 g/mol. The van der Waals surface area contributed by atoms with E-state index >= 15 is 0 Å². The van der Waals surface area contributed by atoms with Crippen molar-refractivity contribution >= 4 is 34.2 Å². The van der Waals surface area contributed by atoms with Gasteiger partial charge in [-0.2, -0.15) is 0 Å². The zero-order valence-corrected chi connectivity index (χ0v) is 12.2. The van der Waals surface area contributed by atoms with Crippen molar-refractivity contribution in [2.75, 3.05) is 0 Å². The summed E-state index contributed by atoms with van der Waals surface area (Å²) in [5, 5.41) is 10.3. The molecule has 0 saturated heterocycles. The SMILES string of the molecule is CCC(O)c1ccc(-c2ccc(I)cc2Cl)o1. The van der Waals surface area contributed by atoms with Gasteiger partial charge in [-0.05, 0) is 59.3 Å². The van der Waals surface area contributed by atoms with Crippen LogP contribution in [0.15, 0.2) is 34.7 Å². The van der Waals surface area contributed by atoms with Crippen LogP contribution in [0.4, 0.5) is 0 Å². The summed E-state index contributed by atoms with van der Waals surface area (Å²) in [6.45, 7) is 1.91. The van der Waals surface area contributed by atoms with Gasteiger partial charge in [0.1, 0.15) is 17.6 Å². The molecule has 1 aromatic carbocycles. The molecule has 0 radical (unpaired) electrons. The molecule has 0 fully saturated rings. The van der Waals surface area contributed by atoms with Gasteiger partial charge in [-0.1, -0.05) is 18.5 Å². The van der Waals surface area contributed by atoms with Crippen LogP contribution in [0.3, 0.4) is 0 Å². The fourth-order valence-corrected chi connectivity index (χ4v) is 2.52. The van der Waals surface area contributed by atoms with Gasteiger partial charge in [0.15, 0.2) is 0 Å². The minimum atomic E-state index is -0.550.